The number of nitrogens with one attached hydrogen (secondary N) is 1. The zero-order valence-corrected chi connectivity index (χ0v) is 24.7. The van der Waals surface area contributed by atoms with E-state index in [1.807, 2.05) is 0 Å². The lowest BCUT2D eigenvalue weighted by atomic mass is 10.0. The minimum Gasteiger partial charge on any atom is -0.508 e. The largest absolute Gasteiger partial charge is 0.508 e. The molecule has 212 valence electrons. The Morgan fingerprint density at radius 1 is 1.02 bits per heavy atom. The molecule has 1 amide bonds. The predicted octanol–water partition coefficient (Wildman–Crippen LogP) is 4.92. The normalized spacial score (nSPS) is 15.7. The van der Waals surface area contributed by atoms with Gasteiger partial charge in [0.15, 0.2) is 9.84 Å². The van der Waals surface area contributed by atoms with Crippen molar-refractivity contribution in [1.29, 1.82) is 0 Å². The van der Waals surface area contributed by atoms with Gasteiger partial charge in [0.25, 0.3) is 5.91 Å². The first-order valence-corrected chi connectivity index (χ1v) is 17.1. The molecule has 3 N–H and O–H groups in total. The van der Waals surface area contributed by atoms with Crippen molar-refractivity contribution in [1.82, 2.24) is 5.32 Å². The summed E-state index contributed by atoms with van der Waals surface area (Å²) in [6.07, 6.45) is 3.32. The maximum Gasteiger partial charge on any atom is 0.326 e. The number of amides is 1. The van der Waals surface area contributed by atoms with Crippen LogP contribution in [-0.2, 0) is 32.0 Å². The lowest BCUT2D eigenvalue weighted by molar-refractivity contribution is -0.139. The topological polar surface area (TPSA) is 138 Å². The molecule has 40 heavy (non-hydrogen) atoms. The molecule has 2 atom stereocenters. The van der Waals surface area contributed by atoms with Crippen LogP contribution in [0.4, 0.5) is 0 Å². The first-order chi connectivity index (χ1) is 18.8. The molecule has 8 nitrogen and oxygen atoms in total. The average Bonchev–Trinajstić information content (AvgIpc) is 3.72. The van der Waals surface area contributed by atoms with E-state index in [0.717, 1.165) is 19.1 Å². The van der Waals surface area contributed by atoms with Crippen LogP contribution in [0.3, 0.4) is 0 Å². The number of phenolic OH excluding ortho intramolecular Hbond substituents is 1. The zero-order chi connectivity index (χ0) is 29.2. The fourth-order valence-corrected chi connectivity index (χ4v) is 9.30. The molecule has 1 aliphatic carbocycles. The van der Waals surface area contributed by atoms with Gasteiger partial charge in [-0.3, -0.25) is 4.79 Å². The Balaban J connectivity index is 1.50. The maximum absolute atomic E-state index is 13.9. The molecular weight excluding hydrogens is 596 g/mol. The molecular formula is C28H28Cl2NO7PS. The van der Waals surface area contributed by atoms with Crippen molar-refractivity contribution in [2.75, 3.05) is 12.4 Å². The number of rotatable bonds is 11. The third kappa shape index (κ3) is 7.07. The summed E-state index contributed by atoms with van der Waals surface area (Å²) in [5, 5.41) is 22.7. The Hall–Kier alpha value is -2.84. The standard InChI is InChI=1S/C28H28Cl2NO7PS/c1-40(37,38)22-7-2-4-17(12-22)15-25(28(34)35)31-27(33)26-23(29)13-18(14-24(26)30)10-11-39(36,20-8-9-20)21-6-3-5-19(32)16-21/h2-7,12-14,16,20,25,32H,8-11,15H2,1H3,(H,31,33)(H,34,35)/t25-,39?/m0/s1. The van der Waals surface area contributed by atoms with Crippen LogP contribution in [0, 0.1) is 0 Å². The second-order valence-corrected chi connectivity index (χ2v) is 16.1. The number of carbonyl (C=O) groups excluding carboxylic acids is 1. The zero-order valence-electron chi connectivity index (χ0n) is 21.5. The van der Waals surface area contributed by atoms with Crippen molar-refractivity contribution in [2.45, 2.75) is 42.3 Å². The highest BCUT2D eigenvalue weighted by Gasteiger charge is 2.42. The maximum atomic E-state index is 13.9. The second-order valence-electron chi connectivity index (χ2n) is 9.94. The van der Waals surface area contributed by atoms with Crippen LogP contribution < -0.4 is 10.6 Å². The second kappa shape index (κ2) is 12.0. The summed E-state index contributed by atoms with van der Waals surface area (Å²) in [5.74, 6) is -2.05. The van der Waals surface area contributed by atoms with Gasteiger partial charge >= 0.3 is 5.97 Å². The number of phenols is 1. The van der Waals surface area contributed by atoms with E-state index in [9.17, 15) is 32.8 Å². The third-order valence-electron chi connectivity index (χ3n) is 6.83. The number of carbonyl (C=O) groups is 2. The number of aliphatic carboxylic acids is 1. The van der Waals surface area contributed by atoms with E-state index in [4.69, 9.17) is 23.2 Å². The van der Waals surface area contributed by atoms with Gasteiger partial charge in [0.1, 0.15) is 18.9 Å². The summed E-state index contributed by atoms with van der Waals surface area (Å²) in [5.41, 5.74) is 1.05. The number of aromatic hydroxyl groups is 1. The average molecular weight is 624 g/mol. The molecule has 0 radical (unpaired) electrons. The molecule has 0 bridgehead atoms. The summed E-state index contributed by atoms with van der Waals surface area (Å²) in [7, 11) is -6.29. The molecule has 0 aliphatic heterocycles. The van der Waals surface area contributed by atoms with Crippen molar-refractivity contribution >= 4 is 57.4 Å². The van der Waals surface area contributed by atoms with Crippen LogP contribution in [0.5, 0.6) is 5.75 Å². The molecule has 0 aromatic heterocycles. The van der Waals surface area contributed by atoms with Gasteiger partial charge in [-0.1, -0.05) is 47.5 Å². The van der Waals surface area contributed by atoms with Gasteiger partial charge in [-0.2, -0.15) is 0 Å². The molecule has 1 fully saturated rings. The van der Waals surface area contributed by atoms with Crippen molar-refractivity contribution in [2.24, 2.45) is 0 Å². The number of benzene rings is 3. The molecule has 0 heterocycles. The molecule has 4 rings (SSSR count). The Morgan fingerprint density at radius 3 is 2.25 bits per heavy atom. The van der Waals surface area contributed by atoms with E-state index < -0.39 is 34.9 Å². The van der Waals surface area contributed by atoms with Crippen LogP contribution >= 0.6 is 30.3 Å². The van der Waals surface area contributed by atoms with E-state index in [-0.39, 0.29) is 38.3 Å². The number of aryl methyl sites for hydroxylation is 1. The van der Waals surface area contributed by atoms with E-state index in [1.54, 1.807) is 36.4 Å². The van der Waals surface area contributed by atoms with E-state index in [0.29, 0.717) is 29.0 Å². The highest BCUT2D eigenvalue weighted by atomic mass is 35.5. The molecule has 0 spiro atoms. The Labute approximate surface area is 242 Å². The molecule has 3 aromatic rings. The van der Waals surface area contributed by atoms with Crippen molar-refractivity contribution in [3.8, 4) is 5.75 Å². The summed E-state index contributed by atoms with van der Waals surface area (Å²) in [6.45, 7) is 0. The number of halogens is 2. The van der Waals surface area contributed by atoms with Gasteiger partial charge in [-0.15, -0.1) is 0 Å². The summed E-state index contributed by atoms with van der Waals surface area (Å²) in [6, 6.07) is 14.1. The van der Waals surface area contributed by atoms with E-state index >= 15 is 0 Å². The first kappa shape index (κ1) is 30.1. The summed E-state index contributed by atoms with van der Waals surface area (Å²) in [4.78, 5) is 25.0. The number of sulfone groups is 1. The quantitative estimate of drug-likeness (QED) is 0.258. The Bertz CT molecular complexity index is 1600. The minimum absolute atomic E-state index is 0.0156. The van der Waals surface area contributed by atoms with Crippen LogP contribution in [0.25, 0.3) is 0 Å². The van der Waals surface area contributed by atoms with E-state index in [2.05, 4.69) is 5.32 Å². The van der Waals surface area contributed by atoms with Gasteiger partial charge in [0.05, 0.1) is 20.5 Å². The van der Waals surface area contributed by atoms with Crippen molar-refractivity contribution < 1.29 is 32.8 Å². The summed E-state index contributed by atoms with van der Waals surface area (Å²) >= 11 is 12.8. The lowest BCUT2D eigenvalue weighted by Crippen LogP contribution is -2.42. The number of hydrogen-bond donors (Lipinski definition) is 3. The highest BCUT2D eigenvalue weighted by Crippen LogP contribution is 2.60. The number of hydrogen-bond acceptors (Lipinski definition) is 6. The van der Waals surface area contributed by atoms with Crippen molar-refractivity contribution in [3.05, 3.63) is 87.4 Å². The Morgan fingerprint density at radius 2 is 1.68 bits per heavy atom. The predicted molar refractivity (Wildman–Crippen MR) is 156 cm³/mol. The summed E-state index contributed by atoms with van der Waals surface area (Å²) < 4.78 is 37.6. The number of carboxylic acid groups (broad SMARTS) is 1. The minimum atomic E-state index is -3.49. The van der Waals surface area contributed by atoms with Crippen LogP contribution in [0.2, 0.25) is 10.0 Å². The highest BCUT2D eigenvalue weighted by molar-refractivity contribution is 7.90. The van der Waals surface area contributed by atoms with Gasteiger partial charge in [-0.05, 0) is 66.8 Å². The molecule has 3 aromatic carbocycles. The van der Waals surface area contributed by atoms with Gasteiger partial charge in [0.2, 0.25) is 0 Å². The van der Waals surface area contributed by atoms with Gasteiger partial charge in [-0.25, -0.2) is 13.2 Å². The van der Waals surface area contributed by atoms with Crippen LogP contribution in [0.1, 0.15) is 34.3 Å². The van der Waals surface area contributed by atoms with Gasteiger partial charge in [0, 0.05) is 29.8 Å². The fourth-order valence-electron chi connectivity index (χ4n) is 4.59. The third-order valence-corrected chi connectivity index (χ3v) is 12.3. The number of carboxylic acids is 1. The van der Waals surface area contributed by atoms with E-state index in [1.165, 1.54) is 24.3 Å². The fraction of sp³-hybridized carbons (Fsp3) is 0.286. The molecule has 1 aliphatic rings. The SMILES string of the molecule is CS(=O)(=O)c1cccc(C[C@H](NC(=O)c2c(Cl)cc(CCP(=O)(c3cccc(O)c3)C3CC3)cc2Cl)C(=O)O)c1. The van der Waals surface area contributed by atoms with Crippen LogP contribution in [-0.4, -0.2) is 54.6 Å². The van der Waals surface area contributed by atoms with Crippen molar-refractivity contribution in [3.63, 3.8) is 0 Å². The molecule has 12 heteroatoms. The first-order valence-electron chi connectivity index (χ1n) is 12.5. The monoisotopic (exact) mass is 623 g/mol. The van der Waals surface area contributed by atoms with Crippen LogP contribution in [0.15, 0.2) is 65.6 Å². The lowest BCUT2D eigenvalue weighted by Gasteiger charge is -2.19. The smallest absolute Gasteiger partial charge is 0.326 e. The molecule has 1 unspecified atom stereocenters. The van der Waals surface area contributed by atoms with Gasteiger partial charge < -0.3 is 20.1 Å². The molecule has 1 saturated carbocycles. The molecule has 0 saturated heterocycles. The Kier molecular flexibility index (Phi) is 9.00.